The lowest BCUT2D eigenvalue weighted by atomic mass is 10.1. The maximum absolute atomic E-state index is 11.3. The lowest BCUT2D eigenvalue weighted by Crippen LogP contribution is -2.17. The van der Waals surface area contributed by atoms with Crippen LogP contribution in [0.2, 0.25) is 5.02 Å². The molecule has 0 spiro atoms. The van der Waals surface area contributed by atoms with Crippen LogP contribution >= 0.6 is 11.6 Å². The Balaban J connectivity index is 2.36. The molecule has 0 aliphatic rings. The van der Waals surface area contributed by atoms with Gasteiger partial charge in [-0.05, 0) is 24.6 Å². The van der Waals surface area contributed by atoms with Crippen LogP contribution in [-0.2, 0) is 20.7 Å². The zero-order valence-corrected chi connectivity index (χ0v) is 10.8. The number of hydrogen-bond acceptors (Lipinski definition) is 3. The molecular formula is C13H15ClO4. The Morgan fingerprint density at radius 1 is 1.28 bits per heavy atom. The van der Waals surface area contributed by atoms with E-state index in [1.165, 1.54) is 0 Å². The van der Waals surface area contributed by atoms with Gasteiger partial charge >= 0.3 is 11.9 Å². The summed E-state index contributed by atoms with van der Waals surface area (Å²) in [4.78, 5) is 21.6. The fourth-order valence-electron chi connectivity index (χ4n) is 1.49. The first kappa shape index (κ1) is 14.5. The molecule has 1 atom stereocenters. The number of rotatable bonds is 6. The number of carbonyl (C=O) groups is 2. The molecule has 18 heavy (non-hydrogen) atoms. The van der Waals surface area contributed by atoms with Gasteiger partial charge in [-0.15, -0.1) is 0 Å². The molecule has 0 unspecified atom stereocenters. The minimum atomic E-state index is -1.00. The molecule has 1 aromatic carbocycles. The van der Waals surface area contributed by atoms with Gasteiger partial charge in [0.1, 0.15) is 6.10 Å². The van der Waals surface area contributed by atoms with Crippen molar-refractivity contribution in [2.75, 3.05) is 0 Å². The average molecular weight is 271 g/mol. The zero-order valence-electron chi connectivity index (χ0n) is 10.1. The first-order valence-corrected chi connectivity index (χ1v) is 6.01. The summed E-state index contributed by atoms with van der Waals surface area (Å²) in [6, 6.07) is 7.28. The standard InChI is InChI=1S/C13H15ClO4/c1-9(18-13(17)7-6-12(15)16)8-10-2-4-11(14)5-3-10/h2-5,9H,6-8H2,1H3,(H,15,16)/t9-/m0/s1. The van der Waals surface area contributed by atoms with E-state index in [9.17, 15) is 9.59 Å². The molecule has 0 amide bonds. The van der Waals surface area contributed by atoms with Gasteiger partial charge < -0.3 is 9.84 Å². The lowest BCUT2D eigenvalue weighted by Gasteiger charge is -2.13. The second-order valence-electron chi connectivity index (χ2n) is 4.02. The normalized spacial score (nSPS) is 11.9. The summed E-state index contributed by atoms with van der Waals surface area (Å²) in [5.74, 6) is -1.49. The summed E-state index contributed by atoms with van der Waals surface area (Å²) < 4.78 is 5.10. The third kappa shape index (κ3) is 5.68. The topological polar surface area (TPSA) is 63.6 Å². The van der Waals surface area contributed by atoms with E-state index in [1.807, 2.05) is 12.1 Å². The molecule has 0 saturated heterocycles. The summed E-state index contributed by atoms with van der Waals surface area (Å²) in [5.41, 5.74) is 1.01. The molecule has 0 aliphatic carbocycles. The minimum Gasteiger partial charge on any atom is -0.481 e. The van der Waals surface area contributed by atoms with Crippen molar-refractivity contribution in [3.05, 3.63) is 34.9 Å². The van der Waals surface area contributed by atoms with Gasteiger partial charge in [0.15, 0.2) is 0 Å². The molecule has 0 aromatic heterocycles. The van der Waals surface area contributed by atoms with Crippen molar-refractivity contribution in [1.82, 2.24) is 0 Å². The first-order chi connectivity index (χ1) is 8.47. The Labute approximate surface area is 111 Å². The van der Waals surface area contributed by atoms with E-state index >= 15 is 0 Å². The van der Waals surface area contributed by atoms with Gasteiger partial charge in [0.2, 0.25) is 0 Å². The van der Waals surface area contributed by atoms with Crippen molar-refractivity contribution in [2.24, 2.45) is 0 Å². The quantitative estimate of drug-likeness (QED) is 0.807. The van der Waals surface area contributed by atoms with Crippen LogP contribution in [0.3, 0.4) is 0 Å². The predicted octanol–water partition coefficient (Wildman–Crippen LogP) is 2.68. The number of ether oxygens (including phenoxy) is 1. The van der Waals surface area contributed by atoms with Crippen molar-refractivity contribution in [1.29, 1.82) is 0 Å². The van der Waals surface area contributed by atoms with Gasteiger partial charge in [-0.3, -0.25) is 9.59 Å². The number of halogens is 1. The summed E-state index contributed by atoms with van der Waals surface area (Å²) in [6.45, 7) is 1.77. The van der Waals surface area contributed by atoms with E-state index in [0.29, 0.717) is 11.4 Å². The number of aliphatic carboxylic acids is 1. The fraction of sp³-hybridized carbons (Fsp3) is 0.385. The van der Waals surface area contributed by atoms with Gasteiger partial charge in [-0.1, -0.05) is 23.7 Å². The Morgan fingerprint density at radius 3 is 2.44 bits per heavy atom. The summed E-state index contributed by atoms with van der Waals surface area (Å²) in [6.07, 6.45) is -0.00422. The second kappa shape index (κ2) is 7.01. The molecule has 4 nitrogen and oxygen atoms in total. The van der Waals surface area contributed by atoms with E-state index < -0.39 is 11.9 Å². The van der Waals surface area contributed by atoms with Gasteiger partial charge in [-0.25, -0.2) is 0 Å². The summed E-state index contributed by atoms with van der Waals surface area (Å²) in [5, 5.41) is 9.09. The number of esters is 1. The van der Waals surface area contributed by atoms with Crippen LogP contribution in [0.1, 0.15) is 25.3 Å². The van der Waals surface area contributed by atoms with E-state index in [0.717, 1.165) is 5.56 Å². The molecule has 0 heterocycles. The van der Waals surface area contributed by atoms with Gasteiger partial charge in [0.05, 0.1) is 12.8 Å². The monoisotopic (exact) mass is 270 g/mol. The van der Waals surface area contributed by atoms with Crippen molar-refractivity contribution in [2.45, 2.75) is 32.3 Å². The number of carboxylic acids is 1. The predicted molar refractivity (Wildman–Crippen MR) is 67.6 cm³/mol. The fourth-order valence-corrected chi connectivity index (χ4v) is 1.61. The van der Waals surface area contributed by atoms with Crippen LogP contribution in [0.4, 0.5) is 0 Å². The highest BCUT2D eigenvalue weighted by Crippen LogP contribution is 2.12. The van der Waals surface area contributed by atoms with E-state index in [2.05, 4.69) is 0 Å². The van der Waals surface area contributed by atoms with Crippen LogP contribution in [-0.4, -0.2) is 23.1 Å². The average Bonchev–Trinajstić information content (AvgIpc) is 2.29. The van der Waals surface area contributed by atoms with Gasteiger partial charge in [0.25, 0.3) is 0 Å². The zero-order chi connectivity index (χ0) is 13.5. The van der Waals surface area contributed by atoms with Crippen LogP contribution in [0.5, 0.6) is 0 Å². The van der Waals surface area contributed by atoms with Crippen LogP contribution < -0.4 is 0 Å². The van der Waals surface area contributed by atoms with Gasteiger partial charge in [-0.2, -0.15) is 0 Å². The molecule has 1 rings (SSSR count). The lowest BCUT2D eigenvalue weighted by molar-refractivity contribution is -0.151. The highest BCUT2D eigenvalue weighted by Gasteiger charge is 2.11. The Morgan fingerprint density at radius 2 is 1.89 bits per heavy atom. The van der Waals surface area contributed by atoms with Crippen molar-refractivity contribution in [3.8, 4) is 0 Å². The first-order valence-electron chi connectivity index (χ1n) is 5.63. The largest absolute Gasteiger partial charge is 0.481 e. The molecule has 0 bridgehead atoms. The van der Waals surface area contributed by atoms with Crippen molar-refractivity contribution >= 4 is 23.5 Å². The SMILES string of the molecule is C[C@@H](Cc1ccc(Cl)cc1)OC(=O)CCC(=O)O. The van der Waals surface area contributed by atoms with Crippen LogP contribution in [0.25, 0.3) is 0 Å². The van der Waals surface area contributed by atoms with Crippen LogP contribution in [0.15, 0.2) is 24.3 Å². The Kier molecular flexibility index (Phi) is 5.65. The molecule has 5 heteroatoms. The summed E-state index contributed by atoms with van der Waals surface area (Å²) in [7, 11) is 0. The smallest absolute Gasteiger partial charge is 0.306 e. The maximum atomic E-state index is 11.3. The molecular weight excluding hydrogens is 256 g/mol. The molecule has 0 aliphatic heterocycles. The minimum absolute atomic E-state index is 0.0969. The Bertz CT molecular complexity index is 414. The molecule has 0 fully saturated rings. The third-order valence-electron chi connectivity index (χ3n) is 2.31. The number of hydrogen-bond donors (Lipinski definition) is 1. The van der Waals surface area contributed by atoms with Crippen molar-refractivity contribution in [3.63, 3.8) is 0 Å². The van der Waals surface area contributed by atoms with E-state index in [4.69, 9.17) is 21.4 Å². The molecule has 0 radical (unpaired) electrons. The van der Waals surface area contributed by atoms with Crippen LogP contribution in [0, 0.1) is 0 Å². The number of carbonyl (C=O) groups excluding carboxylic acids is 1. The molecule has 1 aromatic rings. The van der Waals surface area contributed by atoms with E-state index in [-0.39, 0.29) is 18.9 Å². The number of benzene rings is 1. The van der Waals surface area contributed by atoms with Crippen molar-refractivity contribution < 1.29 is 19.4 Å². The molecule has 0 saturated carbocycles. The second-order valence-corrected chi connectivity index (χ2v) is 4.46. The highest BCUT2D eigenvalue weighted by molar-refractivity contribution is 6.30. The molecule has 1 N–H and O–H groups in total. The Hall–Kier alpha value is -1.55. The van der Waals surface area contributed by atoms with E-state index in [1.54, 1.807) is 19.1 Å². The summed E-state index contributed by atoms with van der Waals surface area (Å²) >= 11 is 5.76. The highest BCUT2D eigenvalue weighted by atomic mass is 35.5. The maximum Gasteiger partial charge on any atom is 0.306 e. The molecule has 98 valence electrons. The van der Waals surface area contributed by atoms with Gasteiger partial charge in [0, 0.05) is 11.4 Å². The third-order valence-corrected chi connectivity index (χ3v) is 2.56. The number of carboxylic acid groups (broad SMARTS) is 1.